The molecule has 0 spiro atoms. The van der Waals surface area contributed by atoms with Gasteiger partial charge in [-0.05, 0) is 12.1 Å². The molecule has 5 nitrogen and oxygen atoms in total. The maximum absolute atomic E-state index is 5.81. The summed E-state index contributed by atoms with van der Waals surface area (Å²) in [4.78, 5) is 4.33. The van der Waals surface area contributed by atoms with Gasteiger partial charge < -0.3 is 9.73 Å². The summed E-state index contributed by atoms with van der Waals surface area (Å²) < 4.78 is 7.64. The summed E-state index contributed by atoms with van der Waals surface area (Å²) in [5.41, 5.74) is 2.00. The summed E-state index contributed by atoms with van der Waals surface area (Å²) in [6.45, 7) is 5.12. The molecule has 0 amide bonds. The molecule has 0 radical (unpaired) electrons. The predicted molar refractivity (Wildman–Crippen MR) is 77.5 cm³/mol. The number of rotatable bonds is 5. The van der Waals surface area contributed by atoms with E-state index in [1.54, 1.807) is 6.20 Å². The highest BCUT2D eigenvalue weighted by molar-refractivity contribution is 5.76. The van der Waals surface area contributed by atoms with Crippen LogP contribution < -0.4 is 5.32 Å². The normalized spacial score (nSPS) is 11.6. The molecule has 0 atom stereocenters. The van der Waals surface area contributed by atoms with Crippen molar-refractivity contribution < 1.29 is 4.42 Å². The summed E-state index contributed by atoms with van der Waals surface area (Å²) in [6, 6.07) is 6.44. The minimum atomic E-state index is 0.476. The smallest absolute Gasteiger partial charge is 0.196 e. The number of oxazole rings is 1. The van der Waals surface area contributed by atoms with Crippen molar-refractivity contribution in [3.05, 3.63) is 42.7 Å². The zero-order valence-corrected chi connectivity index (χ0v) is 11.7. The van der Waals surface area contributed by atoms with Crippen molar-refractivity contribution in [1.29, 1.82) is 0 Å². The van der Waals surface area contributed by atoms with Crippen LogP contribution in [0.2, 0.25) is 0 Å². The van der Waals surface area contributed by atoms with Crippen molar-refractivity contribution >= 4 is 5.52 Å². The molecular formula is C15H18N4O. The van der Waals surface area contributed by atoms with Crippen LogP contribution >= 0.6 is 0 Å². The van der Waals surface area contributed by atoms with E-state index in [0.717, 1.165) is 35.7 Å². The average Bonchev–Trinajstić information content (AvgIpc) is 3.04. The molecule has 104 valence electrons. The molecule has 0 aromatic carbocycles. The molecule has 3 rings (SSSR count). The topological polar surface area (TPSA) is 55.4 Å². The number of pyridine rings is 1. The fourth-order valence-corrected chi connectivity index (χ4v) is 2.14. The van der Waals surface area contributed by atoms with Crippen LogP contribution in [0.4, 0.5) is 0 Å². The lowest BCUT2D eigenvalue weighted by Gasteiger charge is -2.05. The standard InChI is InChI=1S/C15H18N4O/c1-11(2)16-7-6-15-17-10-14(20-15)12-9-18-19-8-4-3-5-13(12)19/h3-5,8-11,16H,6-7H2,1-2H3. The molecule has 0 fully saturated rings. The van der Waals surface area contributed by atoms with Gasteiger partial charge >= 0.3 is 0 Å². The van der Waals surface area contributed by atoms with Crippen molar-refractivity contribution in [1.82, 2.24) is 19.9 Å². The van der Waals surface area contributed by atoms with Gasteiger partial charge in [-0.1, -0.05) is 19.9 Å². The number of aromatic nitrogens is 3. The van der Waals surface area contributed by atoms with Gasteiger partial charge in [-0.3, -0.25) is 0 Å². The Kier molecular flexibility index (Phi) is 3.52. The molecule has 3 heterocycles. The summed E-state index contributed by atoms with van der Waals surface area (Å²) in [7, 11) is 0. The van der Waals surface area contributed by atoms with Crippen molar-refractivity contribution in [2.75, 3.05) is 6.54 Å². The first-order chi connectivity index (χ1) is 9.74. The maximum atomic E-state index is 5.81. The maximum Gasteiger partial charge on any atom is 0.196 e. The molecule has 0 saturated carbocycles. The van der Waals surface area contributed by atoms with Gasteiger partial charge in [0.1, 0.15) is 0 Å². The third-order valence-electron chi connectivity index (χ3n) is 3.14. The van der Waals surface area contributed by atoms with Crippen LogP contribution in [0.3, 0.4) is 0 Å². The summed E-state index contributed by atoms with van der Waals surface area (Å²) in [6.07, 6.45) is 6.29. The van der Waals surface area contributed by atoms with Crippen LogP contribution in [0.15, 0.2) is 41.2 Å². The molecule has 0 bridgehead atoms. The van der Waals surface area contributed by atoms with E-state index in [1.165, 1.54) is 0 Å². The molecule has 0 aliphatic rings. The number of hydrogen-bond donors (Lipinski definition) is 1. The molecule has 0 saturated heterocycles. The van der Waals surface area contributed by atoms with E-state index in [2.05, 4.69) is 29.2 Å². The highest BCUT2D eigenvalue weighted by Crippen LogP contribution is 2.24. The quantitative estimate of drug-likeness (QED) is 0.774. The third-order valence-corrected chi connectivity index (χ3v) is 3.14. The Morgan fingerprint density at radius 1 is 1.30 bits per heavy atom. The SMILES string of the molecule is CC(C)NCCc1ncc(-c2cnn3ccccc23)o1. The molecule has 5 heteroatoms. The Hall–Kier alpha value is -2.14. The Morgan fingerprint density at radius 2 is 2.20 bits per heavy atom. The first-order valence-electron chi connectivity index (χ1n) is 6.85. The number of hydrogen-bond acceptors (Lipinski definition) is 4. The second-order valence-electron chi connectivity index (χ2n) is 5.07. The summed E-state index contributed by atoms with van der Waals surface area (Å²) >= 11 is 0. The fraction of sp³-hybridized carbons (Fsp3) is 0.333. The van der Waals surface area contributed by atoms with Crippen LogP contribution in [0.25, 0.3) is 16.8 Å². The van der Waals surface area contributed by atoms with Crippen LogP contribution in [-0.4, -0.2) is 27.2 Å². The minimum Gasteiger partial charge on any atom is -0.441 e. The Morgan fingerprint density at radius 3 is 3.05 bits per heavy atom. The molecule has 0 unspecified atom stereocenters. The van der Waals surface area contributed by atoms with Gasteiger partial charge in [0.2, 0.25) is 0 Å². The lowest BCUT2D eigenvalue weighted by molar-refractivity contribution is 0.485. The first-order valence-corrected chi connectivity index (χ1v) is 6.85. The fourth-order valence-electron chi connectivity index (χ4n) is 2.14. The van der Waals surface area contributed by atoms with E-state index >= 15 is 0 Å². The van der Waals surface area contributed by atoms with Gasteiger partial charge in [0.05, 0.1) is 23.5 Å². The molecular weight excluding hydrogens is 252 g/mol. The Labute approximate surface area is 117 Å². The first kappa shape index (κ1) is 12.9. The van der Waals surface area contributed by atoms with Gasteiger partial charge in [0.25, 0.3) is 0 Å². The Bertz CT molecular complexity index is 699. The number of fused-ring (bicyclic) bond motifs is 1. The van der Waals surface area contributed by atoms with E-state index in [1.807, 2.05) is 35.1 Å². The minimum absolute atomic E-state index is 0.476. The predicted octanol–water partition coefficient (Wildman–Crippen LogP) is 2.53. The molecule has 3 aromatic heterocycles. The van der Waals surface area contributed by atoms with Crippen molar-refractivity contribution in [3.63, 3.8) is 0 Å². The Balaban J connectivity index is 1.79. The average molecular weight is 270 g/mol. The van der Waals surface area contributed by atoms with E-state index in [-0.39, 0.29) is 0 Å². The zero-order chi connectivity index (χ0) is 13.9. The monoisotopic (exact) mass is 270 g/mol. The molecule has 20 heavy (non-hydrogen) atoms. The van der Waals surface area contributed by atoms with Gasteiger partial charge in [-0.15, -0.1) is 0 Å². The summed E-state index contributed by atoms with van der Waals surface area (Å²) in [5, 5.41) is 7.66. The lowest BCUT2D eigenvalue weighted by Crippen LogP contribution is -2.24. The van der Waals surface area contributed by atoms with Gasteiger partial charge in [-0.2, -0.15) is 5.10 Å². The summed E-state index contributed by atoms with van der Waals surface area (Å²) in [5.74, 6) is 1.52. The van der Waals surface area contributed by atoms with Crippen molar-refractivity contribution in [2.24, 2.45) is 0 Å². The largest absolute Gasteiger partial charge is 0.441 e. The van der Waals surface area contributed by atoms with Gasteiger partial charge in [0, 0.05) is 25.2 Å². The third kappa shape index (κ3) is 2.58. The van der Waals surface area contributed by atoms with Crippen molar-refractivity contribution in [3.8, 4) is 11.3 Å². The van der Waals surface area contributed by atoms with E-state index in [4.69, 9.17) is 4.42 Å². The highest BCUT2D eigenvalue weighted by Gasteiger charge is 2.11. The van der Waals surface area contributed by atoms with Gasteiger partial charge in [-0.25, -0.2) is 9.50 Å². The van der Waals surface area contributed by atoms with E-state index in [9.17, 15) is 0 Å². The van der Waals surface area contributed by atoms with Crippen molar-refractivity contribution in [2.45, 2.75) is 26.3 Å². The molecule has 1 N–H and O–H groups in total. The van der Waals surface area contributed by atoms with Gasteiger partial charge in [0.15, 0.2) is 11.7 Å². The number of nitrogens with one attached hydrogen (secondary N) is 1. The van der Waals surface area contributed by atoms with E-state index in [0.29, 0.717) is 6.04 Å². The molecule has 3 aromatic rings. The molecule has 0 aliphatic heterocycles. The zero-order valence-electron chi connectivity index (χ0n) is 11.7. The molecule has 0 aliphatic carbocycles. The highest BCUT2D eigenvalue weighted by atomic mass is 16.4. The van der Waals surface area contributed by atoms with Crippen LogP contribution in [-0.2, 0) is 6.42 Å². The number of nitrogens with zero attached hydrogens (tertiary/aromatic N) is 3. The van der Waals surface area contributed by atoms with Crippen LogP contribution in [0, 0.1) is 0 Å². The lowest BCUT2D eigenvalue weighted by atomic mass is 10.2. The van der Waals surface area contributed by atoms with Crippen LogP contribution in [0.5, 0.6) is 0 Å². The second kappa shape index (κ2) is 5.46. The van der Waals surface area contributed by atoms with Crippen LogP contribution in [0.1, 0.15) is 19.7 Å². The van der Waals surface area contributed by atoms with E-state index < -0.39 is 0 Å². The second-order valence-corrected chi connectivity index (χ2v) is 5.07.